The second kappa shape index (κ2) is 6.12. The van der Waals surface area contributed by atoms with Gasteiger partial charge in [-0.05, 0) is 66.5 Å². The summed E-state index contributed by atoms with van der Waals surface area (Å²) in [6.07, 6.45) is 0.927. The van der Waals surface area contributed by atoms with E-state index >= 15 is 0 Å². The van der Waals surface area contributed by atoms with Crippen LogP contribution in [-0.4, -0.2) is 11.4 Å². The summed E-state index contributed by atoms with van der Waals surface area (Å²) in [5.41, 5.74) is 0.680. The van der Waals surface area contributed by atoms with Crippen LogP contribution in [0, 0.1) is 8.99 Å². The molecule has 19 heavy (non-hydrogen) atoms. The van der Waals surface area contributed by atoms with Gasteiger partial charge in [-0.15, -0.1) is 0 Å². The summed E-state index contributed by atoms with van der Waals surface area (Å²) < 4.78 is 1.89. The van der Waals surface area contributed by atoms with Crippen molar-refractivity contribution in [2.24, 2.45) is 5.41 Å². The molecule has 0 aliphatic rings. The van der Waals surface area contributed by atoms with Crippen molar-refractivity contribution < 1.29 is 4.79 Å². The van der Waals surface area contributed by atoms with Gasteiger partial charge >= 0.3 is 0 Å². The quantitative estimate of drug-likeness (QED) is 0.662. The van der Waals surface area contributed by atoms with Crippen LogP contribution in [0.1, 0.15) is 51.4 Å². The molecular formula is C15H21BrINO. The summed E-state index contributed by atoms with van der Waals surface area (Å²) in [6, 6.07) is 5.75. The molecular weight excluding hydrogens is 417 g/mol. The maximum absolute atomic E-state index is 12.4. The van der Waals surface area contributed by atoms with Gasteiger partial charge in [0.05, 0.1) is 5.56 Å². The van der Waals surface area contributed by atoms with Crippen LogP contribution in [0.3, 0.4) is 0 Å². The van der Waals surface area contributed by atoms with Gasteiger partial charge in [-0.3, -0.25) is 4.79 Å². The Morgan fingerprint density at radius 2 is 1.84 bits per heavy atom. The number of hydrogen-bond acceptors (Lipinski definition) is 1. The van der Waals surface area contributed by atoms with Crippen LogP contribution >= 0.6 is 38.5 Å². The van der Waals surface area contributed by atoms with Gasteiger partial charge in [-0.25, -0.2) is 0 Å². The SMILES string of the molecule is CC(C)(C)CC(C)(C)NC(=O)c1cc(Br)ccc1I. The number of rotatable bonds is 3. The van der Waals surface area contributed by atoms with Gasteiger partial charge in [0.15, 0.2) is 0 Å². The minimum atomic E-state index is -0.221. The van der Waals surface area contributed by atoms with E-state index in [0.29, 0.717) is 0 Å². The smallest absolute Gasteiger partial charge is 0.252 e. The number of benzene rings is 1. The molecule has 2 nitrogen and oxygen atoms in total. The summed E-state index contributed by atoms with van der Waals surface area (Å²) in [6.45, 7) is 10.7. The average molecular weight is 438 g/mol. The van der Waals surface area contributed by atoms with E-state index in [2.05, 4.69) is 78.5 Å². The first-order valence-electron chi connectivity index (χ1n) is 6.28. The van der Waals surface area contributed by atoms with E-state index in [1.54, 1.807) is 0 Å². The van der Waals surface area contributed by atoms with Gasteiger partial charge in [0, 0.05) is 13.6 Å². The standard InChI is InChI=1S/C15H21BrINO/c1-14(2,3)9-15(4,5)18-13(19)11-8-10(16)6-7-12(11)17/h6-8H,9H2,1-5H3,(H,18,19). The Balaban J connectivity index is 2.87. The third-order valence-electron chi connectivity index (χ3n) is 2.60. The minimum Gasteiger partial charge on any atom is -0.347 e. The Morgan fingerprint density at radius 3 is 2.37 bits per heavy atom. The van der Waals surface area contributed by atoms with Crippen LogP contribution < -0.4 is 5.32 Å². The molecule has 0 aliphatic carbocycles. The monoisotopic (exact) mass is 437 g/mol. The molecule has 0 atom stereocenters. The zero-order valence-corrected chi connectivity index (χ0v) is 15.8. The number of carbonyl (C=O) groups excluding carboxylic acids is 1. The van der Waals surface area contributed by atoms with Crippen molar-refractivity contribution >= 4 is 44.4 Å². The van der Waals surface area contributed by atoms with Crippen LogP contribution in [-0.2, 0) is 0 Å². The average Bonchev–Trinajstić information content (AvgIpc) is 2.16. The topological polar surface area (TPSA) is 29.1 Å². The van der Waals surface area contributed by atoms with Crippen LogP contribution in [0.4, 0.5) is 0 Å². The van der Waals surface area contributed by atoms with Crippen molar-refractivity contribution in [2.45, 2.75) is 46.6 Å². The van der Waals surface area contributed by atoms with Crippen LogP contribution in [0.25, 0.3) is 0 Å². The number of nitrogens with one attached hydrogen (secondary N) is 1. The fourth-order valence-electron chi connectivity index (χ4n) is 2.42. The molecule has 0 saturated heterocycles. The second-order valence-corrected chi connectivity index (χ2v) is 8.78. The van der Waals surface area contributed by atoms with E-state index in [0.717, 1.165) is 20.0 Å². The number of amides is 1. The van der Waals surface area contributed by atoms with E-state index < -0.39 is 0 Å². The third-order valence-corrected chi connectivity index (χ3v) is 4.03. The fourth-order valence-corrected chi connectivity index (χ4v) is 3.36. The molecule has 0 bridgehead atoms. The maximum atomic E-state index is 12.4. The molecule has 4 heteroatoms. The highest BCUT2D eigenvalue weighted by atomic mass is 127. The lowest BCUT2D eigenvalue weighted by Crippen LogP contribution is -2.46. The zero-order chi connectivity index (χ0) is 14.8. The molecule has 106 valence electrons. The molecule has 1 N–H and O–H groups in total. The van der Waals surface area contributed by atoms with Crippen molar-refractivity contribution in [3.63, 3.8) is 0 Å². The number of halogens is 2. The molecule has 0 saturated carbocycles. The first kappa shape index (κ1) is 17.0. The van der Waals surface area contributed by atoms with Crippen molar-refractivity contribution in [3.05, 3.63) is 31.8 Å². The van der Waals surface area contributed by atoms with E-state index in [1.807, 2.05) is 18.2 Å². The van der Waals surface area contributed by atoms with Crippen molar-refractivity contribution in [1.82, 2.24) is 5.32 Å². The molecule has 0 aromatic heterocycles. The van der Waals surface area contributed by atoms with Gasteiger partial charge in [0.2, 0.25) is 0 Å². The lowest BCUT2D eigenvalue weighted by molar-refractivity contribution is 0.0890. The first-order valence-corrected chi connectivity index (χ1v) is 8.15. The molecule has 0 aliphatic heterocycles. The van der Waals surface area contributed by atoms with Gasteiger partial charge in [0.1, 0.15) is 0 Å². The Bertz CT molecular complexity index is 478. The predicted molar refractivity (Wildman–Crippen MR) is 92.5 cm³/mol. The van der Waals surface area contributed by atoms with Crippen LogP contribution in [0.15, 0.2) is 22.7 Å². The largest absolute Gasteiger partial charge is 0.347 e. The number of hydrogen-bond donors (Lipinski definition) is 1. The molecule has 1 aromatic rings. The third kappa shape index (κ3) is 5.81. The lowest BCUT2D eigenvalue weighted by atomic mass is 9.81. The van der Waals surface area contributed by atoms with Gasteiger partial charge in [0.25, 0.3) is 5.91 Å². The molecule has 1 rings (SSSR count). The minimum absolute atomic E-state index is 0.0139. The second-order valence-electron chi connectivity index (χ2n) is 6.70. The van der Waals surface area contributed by atoms with E-state index in [1.165, 1.54) is 0 Å². The fraction of sp³-hybridized carbons (Fsp3) is 0.533. The van der Waals surface area contributed by atoms with Crippen molar-refractivity contribution in [1.29, 1.82) is 0 Å². The van der Waals surface area contributed by atoms with Crippen molar-refractivity contribution in [3.8, 4) is 0 Å². The molecule has 0 unspecified atom stereocenters. The Labute approximate surface area is 138 Å². The highest BCUT2D eigenvalue weighted by Gasteiger charge is 2.27. The number of carbonyl (C=O) groups is 1. The Hall–Kier alpha value is -0.100. The van der Waals surface area contributed by atoms with Crippen molar-refractivity contribution in [2.75, 3.05) is 0 Å². The van der Waals surface area contributed by atoms with Gasteiger partial charge in [-0.2, -0.15) is 0 Å². The Morgan fingerprint density at radius 1 is 1.26 bits per heavy atom. The maximum Gasteiger partial charge on any atom is 0.252 e. The molecule has 0 spiro atoms. The Kier molecular flexibility index (Phi) is 5.46. The normalized spacial score (nSPS) is 12.4. The van der Waals surface area contributed by atoms with Gasteiger partial charge < -0.3 is 5.32 Å². The first-order chi connectivity index (χ1) is 8.50. The highest BCUT2D eigenvalue weighted by molar-refractivity contribution is 14.1. The van der Waals surface area contributed by atoms with E-state index in [4.69, 9.17) is 0 Å². The zero-order valence-electron chi connectivity index (χ0n) is 12.1. The molecule has 0 radical (unpaired) electrons. The van der Waals surface area contributed by atoms with Crippen LogP contribution in [0.2, 0.25) is 0 Å². The summed E-state index contributed by atoms with van der Waals surface area (Å²) in [7, 11) is 0. The predicted octanol–water partition coefficient (Wildman–Crippen LogP) is 5.00. The highest BCUT2D eigenvalue weighted by Crippen LogP contribution is 2.27. The summed E-state index contributed by atoms with van der Waals surface area (Å²) >= 11 is 5.60. The van der Waals surface area contributed by atoms with Gasteiger partial charge in [-0.1, -0.05) is 36.7 Å². The molecule has 0 heterocycles. The summed E-state index contributed by atoms with van der Waals surface area (Å²) in [5, 5.41) is 3.13. The lowest BCUT2D eigenvalue weighted by Gasteiger charge is -2.33. The van der Waals surface area contributed by atoms with E-state index in [9.17, 15) is 4.79 Å². The summed E-state index contributed by atoms with van der Waals surface area (Å²) in [5.74, 6) is -0.0139. The summed E-state index contributed by atoms with van der Waals surface area (Å²) in [4.78, 5) is 12.4. The molecule has 1 aromatic carbocycles. The van der Waals surface area contributed by atoms with E-state index in [-0.39, 0.29) is 16.9 Å². The molecule has 0 fully saturated rings. The van der Waals surface area contributed by atoms with Crippen LogP contribution in [0.5, 0.6) is 0 Å². The molecule has 1 amide bonds.